The van der Waals surface area contributed by atoms with Gasteiger partial charge in [0.2, 0.25) is 24.3 Å². The van der Waals surface area contributed by atoms with Crippen LogP contribution in [-0.2, 0) is 58.9 Å². The van der Waals surface area contributed by atoms with Crippen molar-refractivity contribution in [3.05, 3.63) is 84.0 Å². The van der Waals surface area contributed by atoms with Gasteiger partial charge >= 0.3 is 24.0 Å². The van der Waals surface area contributed by atoms with E-state index in [0.29, 0.717) is 24.2 Å². The predicted molar refractivity (Wildman–Crippen MR) is 204 cm³/mol. The molecule has 0 aliphatic heterocycles. The molecule has 17 nitrogen and oxygen atoms in total. The molecule has 56 heavy (non-hydrogen) atoms. The molecule has 0 saturated carbocycles. The van der Waals surface area contributed by atoms with Gasteiger partial charge in [-0.1, -0.05) is 52.3 Å². The van der Waals surface area contributed by atoms with Gasteiger partial charge in [0, 0.05) is 11.1 Å². The number of unbranched alkanes of at least 4 members (excludes halogenated alkanes) is 1. The maximum Gasteiger partial charge on any atom is 0.407 e. The molecular formula is C39H47N5O12. The molecule has 0 aliphatic rings. The molecule has 17 heteroatoms. The van der Waals surface area contributed by atoms with Crippen molar-refractivity contribution in [2.45, 2.75) is 66.5 Å². The van der Waals surface area contributed by atoms with E-state index in [1.54, 1.807) is 24.3 Å². The first kappa shape index (κ1) is 51.2. The number of carbonyl (C=O) groups excluding carboxylic acids is 8. The number of alkyl carbamates (subject to hydrolysis) is 1. The fourth-order valence-electron chi connectivity index (χ4n) is 3.88. The van der Waals surface area contributed by atoms with Gasteiger partial charge in [0.1, 0.15) is 19.8 Å². The SMILES string of the molecule is C.C.C=C(C)C(=O)OCC(COC(=O)C(=C)C)OC(=O)NCCOC(=O)C(CCCCN=C=O)N=C=O.O=C=Nc1ccc(Cc2ccc(N=C=O)cc2)cc1. The third kappa shape index (κ3) is 22.9. The van der Waals surface area contributed by atoms with E-state index in [4.69, 9.17) is 18.9 Å². The van der Waals surface area contributed by atoms with E-state index < -0.39 is 49.4 Å². The van der Waals surface area contributed by atoms with Gasteiger partial charge in [-0.3, -0.25) is 0 Å². The number of hydrogen-bond donors (Lipinski definition) is 1. The smallest absolute Gasteiger partial charge is 0.407 e. The highest BCUT2D eigenvalue weighted by Crippen LogP contribution is 2.18. The first-order valence-corrected chi connectivity index (χ1v) is 16.1. The van der Waals surface area contributed by atoms with Crippen molar-refractivity contribution in [2.24, 2.45) is 20.0 Å². The first-order chi connectivity index (χ1) is 25.9. The number of benzene rings is 2. The topological polar surface area (TPSA) is 235 Å². The summed E-state index contributed by atoms with van der Waals surface area (Å²) < 4.78 is 19.9. The fourth-order valence-corrected chi connectivity index (χ4v) is 3.88. The lowest BCUT2D eigenvalue weighted by Gasteiger charge is -2.18. The van der Waals surface area contributed by atoms with Crippen LogP contribution >= 0.6 is 0 Å². The van der Waals surface area contributed by atoms with Gasteiger partial charge in [-0.2, -0.15) is 15.0 Å². The Labute approximate surface area is 325 Å². The van der Waals surface area contributed by atoms with Crippen molar-refractivity contribution in [1.29, 1.82) is 0 Å². The highest BCUT2D eigenvalue weighted by Gasteiger charge is 2.21. The molecule has 0 aliphatic carbocycles. The number of ether oxygens (including phenoxy) is 4. The molecular weight excluding hydrogens is 730 g/mol. The van der Waals surface area contributed by atoms with Crippen molar-refractivity contribution in [1.82, 2.24) is 5.32 Å². The van der Waals surface area contributed by atoms with Gasteiger partial charge < -0.3 is 24.3 Å². The second kappa shape index (κ2) is 30.6. The van der Waals surface area contributed by atoms with Crippen LogP contribution in [-0.4, -0.2) is 93.4 Å². The Morgan fingerprint density at radius 2 is 1.21 bits per heavy atom. The van der Waals surface area contributed by atoms with E-state index in [-0.39, 0.29) is 52.1 Å². The van der Waals surface area contributed by atoms with Crippen LogP contribution in [0, 0.1) is 0 Å². The van der Waals surface area contributed by atoms with Gasteiger partial charge in [0.25, 0.3) is 0 Å². The quantitative estimate of drug-likeness (QED) is 0.0410. The van der Waals surface area contributed by atoms with Crippen molar-refractivity contribution in [3.8, 4) is 0 Å². The van der Waals surface area contributed by atoms with Crippen LogP contribution in [0.2, 0.25) is 0 Å². The van der Waals surface area contributed by atoms with Gasteiger partial charge in [-0.05, 0) is 74.9 Å². The van der Waals surface area contributed by atoms with Gasteiger partial charge in [0.15, 0.2) is 12.1 Å². The summed E-state index contributed by atoms with van der Waals surface area (Å²) in [6.07, 6.45) is 5.51. The first-order valence-electron chi connectivity index (χ1n) is 16.1. The minimum Gasteiger partial charge on any atom is -0.462 e. The van der Waals surface area contributed by atoms with Crippen molar-refractivity contribution in [3.63, 3.8) is 0 Å². The van der Waals surface area contributed by atoms with Crippen molar-refractivity contribution in [2.75, 3.05) is 32.9 Å². The van der Waals surface area contributed by atoms with E-state index in [1.807, 2.05) is 24.3 Å². The Kier molecular flexibility index (Phi) is 28.0. The zero-order chi connectivity index (χ0) is 40.1. The van der Waals surface area contributed by atoms with Crippen LogP contribution in [0.5, 0.6) is 0 Å². The largest absolute Gasteiger partial charge is 0.462 e. The van der Waals surface area contributed by atoms with E-state index in [1.165, 1.54) is 38.2 Å². The molecule has 2 aromatic carbocycles. The van der Waals surface area contributed by atoms with E-state index in [9.17, 15) is 38.4 Å². The lowest BCUT2D eigenvalue weighted by molar-refractivity contribution is -0.147. The number of isocyanates is 4. The fraction of sp³-hybridized carbons (Fsp3) is 0.385. The lowest BCUT2D eigenvalue weighted by Crippen LogP contribution is -2.37. The summed E-state index contributed by atoms with van der Waals surface area (Å²) in [5.74, 6) is -2.24. The van der Waals surface area contributed by atoms with Gasteiger partial charge in [-0.25, -0.2) is 43.3 Å². The average molecular weight is 778 g/mol. The summed E-state index contributed by atoms with van der Waals surface area (Å²) in [5.41, 5.74) is 3.65. The van der Waals surface area contributed by atoms with Crippen LogP contribution in [0.3, 0.4) is 0 Å². The molecule has 0 fully saturated rings. The zero-order valence-corrected chi connectivity index (χ0v) is 29.7. The monoisotopic (exact) mass is 777 g/mol. The average Bonchev–Trinajstić information content (AvgIpc) is 3.15. The second-order valence-electron chi connectivity index (χ2n) is 11.0. The third-order valence-electron chi connectivity index (χ3n) is 6.56. The molecule has 0 saturated heterocycles. The predicted octanol–water partition coefficient (Wildman–Crippen LogP) is 5.56. The Hall–Kier alpha value is -6.88. The molecule has 0 radical (unpaired) electrons. The van der Waals surface area contributed by atoms with Crippen LogP contribution in [0.1, 0.15) is 59.1 Å². The Morgan fingerprint density at radius 1 is 0.714 bits per heavy atom. The van der Waals surface area contributed by atoms with Gasteiger partial charge in [-0.15, -0.1) is 0 Å². The molecule has 0 heterocycles. The Balaban J connectivity index is 0. The number of aliphatic imine (C=N–C) groups is 4. The molecule has 0 aromatic heterocycles. The number of carbonyl (C=O) groups is 4. The minimum atomic E-state index is -1.13. The van der Waals surface area contributed by atoms with Crippen LogP contribution < -0.4 is 5.32 Å². The molecule has 300 valence electrons. The maximum absolute atomic E-state index is 12.0. The number of hydrogen-bond acceptors (Lipinski definition) is 16. The molecule has 1 atom stereocenters. The summed E-state index contributed by atoms with van der Waals surface area (Å²) in [6.45, 7) is 8.75. The molecule has 1 amide bonds. The zero-order valence-electron chi connectivity index (χ0n) is 29.7. The summed E-state index contributed by atoms with van der Waals surface area (Å²) in [6, 6.07) is 13.6. The molecule has 2 aromatic rings. The number of amides is 1. The van der Waals surface area contributed by atoms with Crippen molar-refractivity contribution < 1.29 is 57.3 Å². The summed E-state index contributed by atoms with van der Waals surface area (Å²) in [7, 11) is 0. The highest BCUT2D eigenvalue weighted by atomic mass is 16.6. The minimum absolute atomic E-state index is 0. The molecule has 2 rings (SSSR count). The highest BCUT2D eigenvalue weighted by molar-refractivity contribution is 5.87. The summed E-state index contributed by atoms with van der Waals surface area (Å²) in [4.78, 5) is 102. The normalized spacial score (nSPS) is 9.77. The number of esters is 3. The third-order valence-corrected chi connectivity index (χ3v) is 6.56. The van der Waals surface area contributed by atoms with E-state index >= 15 is 0 Å². The van der Waals surface area contributed by atoms with E-state index in [0.717, 1.165) is 17.5 Å². The van der Waals surface area contributed by atoms with Crippen LogP contribution in [0.15, 0.2) is 92.8 Å². The molecule has 0 spiro atoms. The number of nitrogens with one attached hydrogen (secondary N) is 1. The molecule has 1 N–H and O–H groups in total. The van der Waals surface area contributed by atoms with Gasteiger partial charge in [0.05, 0.1) is 24.5 Å². The number of rotatable bonds is 21. The second-order valence-corrected chi connectivity index (χ2v) is 11.0. The summed E-state index contributed by atoms with van der Waals surface area (Å²) in [5, 5.41) is 2.32. The lowest BCUT2D eigenvalue weighted by atomic mass is 10.0. The van der Waals surface area contributed by atoms with Crippen molar-refractivity contribution >= 4 is 59.7 Å². The van der Waals surface area contributed by atoms with Crippen LogP contribution in [0.4, 0.5) is 16.2 Å². The Morgan fingerprint density at radius 3 is 1.64 bits per heavy atom. The van der Waals surface area contributed by atoms with Crippen LogP contribution in [0.25, 0.3) is 0 Å². The Bertz CT molecular complexity index is 1700. The summed E-state index contributed by atoms with van der Waals surface area (Å²) >= 11 is 0. The standard InChI is InChI=1S/C22H29N3O10.C15H10N2O2.2CH4/c1-15(2)19(28)33-11-17(12-34-20(29)16(3)4)35-22(31)24-9-10-32-21(30)18(25-14-27)7-5-6-8-23-13-26;18-10-16-14-5-1-12(2-6-14)9-13-3-7-15(8-4-13)17-11-19;;/h17-18H,1,3,5-12H2,2,4H3,(H,24,31);1-8H,9H2;2*1H4. The maximum atomic E-state index is 12.0. The van der Waals surface area contributed by atoms with E-state index in [2.05, 4.69) is 38.4 Å². The molecule has 0 bridgehead atoms. The molecule has 1 unspecified atom stereocenters. The number of nitrogens with zero attached hydrogens (tertiary/aromatic N) is 4.